The van der Waals surface area contributed by atoms with Gasteiger partial charge in [0, 0.05) is 23.7 Å². The summed E-state index contributed by atoms with van der Waals surface area (Å²) in [5.74, 6) is 0.143. The first-order chi connectivity index (χ1) is 12.0. The average Bonchev–Trinajstić information content (AvgIpc) is 3.06. The molecule has 0 atom stereocenters. The molecule has 6 nitrogen and oxygen atoms in total. The second-order valence-corrected chi connectivity index (χ2v) is 5.97. The minimum absolute atomic E-state index is 0.217. The van der Waals surface area contributed by atoms with Crippen molar-refractivity contribution in [3.8, 4) is 22.5 Å². The molecule has 3 rings (SSSR count). The van der Waals surface area contributed by atoms with Crippen LogP contribution in [0.4, 0.5) is 5.82 Å². The first-order valence-electron chi connectivity index (χ1n) is 7.85. The number of aryl methyl sites for hydroxylation is 1. The Hall–Kier alpha value is -2.86. The van der Waals surface area contributed by atoms with Gasteiger partial charge < -0.3 is 16.0 Å². The van der Waals surface area contributed by atoms with Crippen LogP contribution in [0.2, 0.25) is 5.02 Å². The van der Waals surface area contributed by atoms with Crippen LogP contribution >= 0.6 is 11.6 Å². The van der Waals surface area contributed by atoms with E-state index in [0.717, 1.165) is 23.1 Å². The fraction of sp³-hybridized carbons (Fsp3) is 0.167. The maximum absolute atomic E-state index is 12.4. The Morgan fingerprint density at radius 3 is 2.72 bits per heavy atom. The van der Waals surface area contributed by atoms with Crippen molar-refractivity contribution in [3.05, 3.63) is 52.9 Å². The normalized spacial score (nSPS) is 10.7. The lowest BCUT2D eigenvalue weighted by Crippen LogP contribution is -2.19. The smallest absolute Gasteiger partial charge is 0.268 e. The molecule has 1 amide bonds. The summed E-state index contributed by atoms with van der Waals surface area (Å²) < 4.78 is 0. The molecule has 7 heteroatoms. The Bertz CT molecular complexity index is 935. The number of carbonyl (C=O) groups is 1. The van der Waals surface area contributed by atoms with E-state index in [9.17, 15) is 4.79 Å². The van der Waals surface area contributed by atoms with E-state index in [1.165, 1.54) is 6.33 Å². The van der Waals surface area contributed by atoms with Gasteiger partial charge in [-0.3, -0.25) is 4.79 Å². The van der Waals surface area contributed by atoms with Crippen molar-refractivity contribution in [2.45, 2.75) is 13.3 Å². The zero-order valence-corrected chi connectivity index (χ0v) is 14.7. The number of nitrogens with one attached hydrogen (secondary N) is 2. The molecule has 3 aromatic rings. The molecular weight excluding hydrogens is 338 g/mol. The molecule has 2 heterocycles. The standard InChI is InChI=1S/C18H18ClN5O/c1-3-10-4-5-11(19)6-12(10)13-7-15(24-17(13)18(25)21-2)14-8-16(20)23-9-22-14/h4-9,24H,3H2,1-2H3,(H,21,25)(H2,20,22,23). The number of carbonyl (C=O) groups excluding carboxylic acids is 1. The fourth-order valence-electron chi connectivity index (χ4n) is 2.74. The number of benzene rings is 1. The molecule has 0 saturated carbocycles. The number of aromatic amines is 1. The van der Waals surface area contributed by atoms with E-state index in [0.29, 0.717) is 27.9 Å². The number of halogens is 1. The molecule has 25 heavy (non-hydrogen) atoms. The van der Waals surface area contributed by atoms with Crippen LogP contribution in [0.5, 0.6) is 0 Å². The lowest BCUT2D eigenvalue weighted by molar-refractivity contribution is 0.0959. The summed E-state index contributed by atoms with van der Waals surface area (Å²) >= 11 is 6.19. The molecule has 0 unspecified atom stereocenters. The minimum Gasteiger partial charge on any atom is -0.384 e. The number of nitrogens with zero attached hydrogens (tertiary/aromatic N) is 2. The molecule has 0 radical (unpaired) electrons. The zero-order chi connectivity index (χ0) is 18.0. The Morgan fingerprint density at radius 1 is 1.24 bits per heavy atom. The van der Waals surface area contributed by atoms with E-state index in [2.05, 4.69) is 27.2 Å². The number of amides is 1. The molecule has 0 aliphatic heterocycles. The lowest BCUT2D eigenvalue weighted by atomic mass is 9.97. The quantitative estimate of drug-likeness (QED) is 0.669. The first-order valence-corrected chi connectivity index (χ1v) is 8.23. The molecule has 2 aromatic heterocycles. The van der Waals surface area contributed by atoms with Crippen molar-refractivity contribution in [1.29, 1.82) is 0 Å². The highest BCUT2D eigenvalue weighted by atomic mass is 35.5. The fourth-order valence-corrected chi connectivity index (χ4v) is 2.91. The summed E-state index contributed by atoms with van der Waals surface area (Å²) in [7, 11) is 1.59. The Morgan fingerprint density at radius 2 is 2.04 bits per heavy atom. The third kappa shape index (κ3) is 3.34. The summed E-state index contributed by atoms with van der Waals surface area (Å²) in [6.07, 6.45) is 2.21. The molecule has 0 saturated heterocycles. The van der Waals surface area contributed by atoms with Crippen molar-refractivity contribution in [1.82, 2.24) is 20.3 Å². The maximum Gasteiger partial charge on any atom is 0.268 e. The van der Waals surface area contributed by atoms with E-state index >= 15 is 0 Å². The number of nitrogen functional groups attached to an aromatic ring is 1. The van der Waals surface area contributed by atoms with E-state index in [1.807, 2.05) is 24.3 Å². The molecule has 0 bridgehead atoms. The monoisotopic (exact) mass is 355 g/mol. The van der Waals surface area contributed by atoms with Crippen LogP contribution in [0, 0.1) is 0 Å². The van der Waals surface area contributed by atoms with Gasteiger partial charge in [-0.25, -0.2) is 9.97 Å². The van der Waals surface area contributed by atoms with Crippen LogP contribution in [0.3, 0.4) is 0 Å². The largest absolute Gasteiger partial charge is 0.384 e. The van der Waals surface area contributed by atoms with Gasteiger partial charge in [-0.05, 0) is 35.7 Å². The van der Waals surface area contributed by atoms with E-state index in [4.69, 9.17) is 17.3 Å². The topological polar surface area (TPSA) is 96.7 Å². The Labute approximate surface area is 150 Å². The highest BCUT2D eigenvalue weighted by Crippen LogP contribution is 2.33. The number of nitrogens with two attached hydrogens (primary N) is 1. The number of rotatable bonds is 4. The van der Waals surface area contributed by atoms with Gasteiger partial charge in [-0.2, -0.15) is 0 Å². The van der Waals surface area contributed by atoms with Crippen LogP contribution < -0.4 is 11.1 Å². The van der Waals surface area contributed by atoms with Gasteiger partial charge in [0.1, 0.15) is 17.8 Å². The number of H-pyrrole nitrogens is 1. The molecule has 1 aromatic carbocycles. The highest BCUT2D eigenvalue weighted by Gasteiger charge is 2.19. The van der Waals surface area contributed by atoms with Crippen LogP contribution in [0.1, 0.15) is 23.0 Å². The van der Waals surface area contributed by atoms with Gasteiger partial charge in [0.15, 0.2) is 0 Å². The van der Waals surface area contributed by atoms with Crippen LogP contribution in [-0.4, -0.2) is 27.9 Å². The minimum atomic E-state index is -0.217. The van der Waals surface area contributed by atoms with Gasteiger partial charge >= 0.3 is 0 Å². The second kappa shape index (κ2) is 6.94. The van der Waals surface area contributed by atoms with Crippen molar-refractivity contribution in [2.24, 2.45) is 0 Å². The summed E-state index contributed by atoms with van der Waals surface area (Å²) in [5, 5.41) is 3.27. The Kier molecular flexibility index (Phi) is 4.72. The van der Waals surface area contributed by atoms with E-state index in [1.54, 1.807) is 13.1 Å². The molecule has 128 valence electrons. The molecule has 0 aliphatic carbocycles. The van der Waals surface area contributed by atoms with Crippen molar-refractivity contribution < 1.29 is 4.79 Å². The van der Waals surface area contributed by atoms with Crippen molar-refractivity contribution >= 4 is 23.3 Å². The molecule has 4 N–H and O–H groups in total. The highest BCUT2D eigenvalue weighted by molar-refractivity contribution is 6.31. The third-order valence-electron chi connectivity index (χ3n) is 3.98. The summed E-state index contributed by atoms with van der Waals surface area (Å²) in [6.45, 7) is 2.06. The van der Waals surface area contributed by atoms with Gasteiger partial charge in [0.2, 0.25) is 0 Å². The lowest BCUT2D eigenvalue weighted by Gasteiger charge is -2.09. The average molecular weight is 356 g/mol. The molecular formula is C18H18ClN5O. The predicted octanol–water partition coefficient (Wildman–Crippen LogP) is 3.30. The number of hydrogen-bond donors (Lipinski definition) is 3. The summed E-state index contributed by atoms with van der Waals surface area (Å²) in [4.78, 5) is 23.6. The predicted molar refractivity (Wildman–Crippen MR) is 99.4 cm³/mol. The van der Waals surface area contributed by atoms with E-state index < -0.39 is 0 Å². The van der Waals surface area contributed by atoms with Crippen molar-refractivity contribution in [2.75, 3.05) is 12.8 Å². The second-order valence-electron chi connectivity index (χ2n) is 5.53. The first kappa shape index (κ1) is 17.0. The zero-order valence-electron chi connectivity index (χ0n) is 13.9. The third-order valence-corrected chi connectivity index (χ3v) is 4.21. The number of anilines is 1. The number of hydrogen-bond acceptors (Lipinski definition) is 4. The SMILES string of the molecule is CCc1ccc(Cl)cc1-c1cc(-c2cc(N)ncn2)[nH]c1C(=O)NC. The van der Waals surface area contributed by atoms with Gasteiger partial charge in [0.05, 0.1) is 11.4 Å². The maximum atomic E-state index is 12.4. The summed E-state index contributed by atoms with van der Waals surface area (Å²) in [5.41, 5.74) is 10.3. The Balaban J connectivity index is 2.22. The molecule has 0 fully saturated rings. The van der Waals surface area contributed by atoms with Gasteiger partial charge in [-0.15, -0.1) is 0 Å². The number of aromatic nitrogens is 3. The van der Waals surface area contributed by atoms with Crippen molar-refractivity contribution in [3.63, 3.8) is 0 Å². The van der Waals surface area contributed by atoms with Gasteiger partial charge in [0.25, 0.3) is 5.91 Å². The summed E-state index contributed by atoms with van der Waals surface area (Å²) in [6, 6.07) is 9.23. The van der Waals surface area contributed by atoms with Crippen LogP contribution in [-0.2, 0) is 6.42 Å². The van der Waals surface area contributed by atoms with Crippen LogP contribution in [0.25, 0.3) is 22.5 Å². The van der Waals surface area contributed by atoms with E-state index in [-0.39, 0.29) is 5.91 Å². The molecule has 0 aliphatic rings. The van der Waals surface area contributed by atoms with Gasteiger partial charge in [-0.1, -0.05) is 24.6 Å². The molecule has 0 spiro atoms. The van der Waals surface area contributed by atoms with Crippen LogP contribution in [0.15, 0.2) is 36.7 Å².